The lowest BCUT2D eigenvalue weighted by molar-refractivity contribution is -0.143. The molecule has 2 N–H and O–H groups in total. The molecule has 3 atom stereocenters. The van der Waals surface area contributed by atoms with Crippen LogP contribution in [0.3, 0.4) is 0 Å². The molecule has 0 aliphatic carbocycles. The molecular weight excluding hydrogens is 473 g/mol. The molecule has 8 heteroatoms. The van der Waals surface area contributed by atoms with Crippen LogP contribution in [0.4, 0.5) is 10.2 Å². The molecule has 1 aromatic heterocycles. The molecule has 0 amide bonds. The van der Waals surface area contributed by atoms with E-state index in [0.29, 0.717) is 44.4 Å². The number of nitrogens with one attached hydrogen (secondary N) is 1. The SMILES string of the molecule is O=C(O)C(c1cc(F)ccc1[C@@H]1CCCCO1)N1CCC(CCOCCc2ccc3c(n2)NCCC3)C1. The van der Waals surface area contributed by atoms with E-state index in [2.05, 4.69) is 17.4 Å². The Kier molecular flexibility index (Phi) is 8.69. The Labute approximate surface area is 218 Å². The van der Waals surface area contributed by atoms with Gasteiger partial charge >= 0.3 is 5.97 Å². The first-order valence-electron chi connectivity index (χ1n) is 13.8. The van der Waals surface area contributed by atoms with E-state index in [9.17, 15) is 14.3 Å². The normalized spacial score (nSPS) is 22.8. The van der Waals surface area contributed by atoms with Gasteiger partial charge in [-0.1, -0.05) is 12.1 Å². The molecule has 37 heavy (non-hydrogen) atoms. The highest BCUT2D eigenvalue weighted by atomic mass is 19.1. The molecule has 2 saturated heterocycles. The largest absolute Gasteiger partial charge is 0.480 e. The highest BCUT2D eigenvalue weighted by Gasteiger charge is 2.36. The van der Waals surface area contributed by atoms with Gasteiger partial charge in [-0.2, -0.15) is 0 Å². The van der Waals surface area contributed by atoms with E-state index < -0.39 is 17.8 Å². The van der Waals surface area contributed by atoms with Crippen LogP contribution in [0.2, 0.25) is 0 Å². The van der Waals surface area contributed by atoms with Crippen molar-refractivity contribution >= 4 is 11.8 Å². The second-order valence-electron chi connectivity index (χ2n) is 10.5. The summed E-state index contributed by atoms with van der Waals surface area (Å²) in [7, 11) is 0. The number of aromatic nitrogens is 1. The van der Waals surface area contributed by atoms with Crippen LogP contribution in [0.1, 0.15) is 73.1 Å². The third-order valence-corrected chi connectivity index (χ3v) is 7.91. The van der Waals surface area contributed by atoms with Gasteiger partial charge in [0.1, 0.15) is 17.7 Å². The van der Waals surface area contributed by atoms with E-state index in [1.54, 1.807) is 6.07 Å². The van der Waals surface area contributed by atoms with Gasteiger partial charge in [0.15, 0.2) is 0 Å². The number of carboxylic acid groups (broad SMARTS) is 1. The van der Waals surface area contributed by atoms with Crippen molar-refractivity contribution in [3.8, 4) is 0 Å². The number of halogens is 1. The fraction of sp³-hybridized carbons (Fsp3) is 0.586. The first-order valence-corrected chi connectivity index (χ1v) is 13.8. The lowest BCUT2D eigenvalue weighted by atomic mass is 9.92. The Morgan fingerprint density at radius 3 is 2.97 bits per heavy atom. The number of rotatable bonds is 10. The van der Waals surface area contributed by atoms with Crippen molar-refractivity contribution in [1.29, 1.82) is 0 Å². The molecule has 2 unspecified atom stereocenters. The lowest BCUT2D eigenvalue weighted by Crippen LogP contribution is -2.34. The van der Waals surface area contributed by atoms with Crippen LogP contribution in [0.25, 0.3) is 0 Å². The number of carbonyl (C=O) groups is 1. The fourth-order valence-electron chi connectivity index (χ4n) is 5.92. The Bertz CT molecular complexity index is 1080. The zero-order valence-corrected chi connectivity index (χ0v) is 21.5. The van der Waals surface area contributed by atoms with Crippen molar-refractivity contribution in [2.75, 3.05) is 44.8 Å². The predicted octanol–water partition coefficient (Wildman–Crippen LogP) is 4.92. The van der Waals surface area contributed by atoms with Crippen molar-refractivity contribution in [3.63, 3.8) is 0 Å². The van der Waals surface area contributed by atoms with Crippen molar-refractivity contribution in [3.05, 3.63) is 58.5 Å². The summed E-state index contributed by atoms with van der Waals surface area (Å²) in [5.74, 6) is 0.0240. The van der Waals surface area contributed by atoms with E-state index in [1.165, 1.54) is 17.7 Å². The number of likely N-dealkylation sites (tertiary alicyclic amines) is 1. The van der Waals surface area contributed by atoms with E-state index in [4.69, 9.17) is 14.5 Å². The average Bonchev–Trinajstić information content (AvgIpc) is 3.37. The summed E-state index contributed by atoms with van der Waals surface area (Å²) in [5, 5.41) is 13.5. The second kappa shape index (κ2) is 12.3. The molecule has 3 aliphatic heterocycles. The number of ether oxygens (including phenoxy) is 2. The topological polar surface area (TPSA) is 83.9 Å². The number of aliphatic carboxylic acids is 1. The smallest absolute Gasteiger partial charge is 0.325 e. The summed E-state index contributed by atoms with van der Waals surface area (Å²) in [6, 6.07) is 7.91. The van der Waals surface area contributed by atoms with Crippen LogP contribution in [0, 0.1) is 11.7 Å². The third kappa shape index (κ3) is 6.48. The maximum atomic E-state index is 14.3. The van der Waals surface area contributed by atoms with Crippen molar-refractivity contribution in [2.24, 2.45) is 5.92 Å². The lowest BCUT2D eigenvalue weighted by Gasteiger charge is -2.30. The van der Waals surface area contributed by atoms with Gasteiger partial charge in [0, 0.05) is 38.4 Å². The fourth-order valence-corrected chi connectivity index (χ4v) is 5.92. The Morgan fingerprint density at radius 1 is 1.22 bits per heavy atom. The molecule has 2 fully saturated rings. The van der Waals surface area contributed by atoms with Crippen LogP contribution in [-0.4, -0.2) is 60.4 Å². The maximum absolute atomic E-state index is 14.3. The van der Waals surface area contributed by atoms with E-state index >= 15 is 0 Å². The number of aryl methyl sites for hydroxylation is 1. The number of hydrogen-bond acceptors (Lipinski definition) is 6. The monoisotopic (exact) mass is 511 g/mol. The summed E-state index contributed by atoms with van der Waals surface area (Å²) in [6.07, 6.45) is 7.51. The number of carboxylic acids is 1. The number of benzene rings is 1. The zero-order chi connectivity index (χ0) is 25.6. The van der Waals surface area contributed by atoms with Gasteiger partial charge in [-0.25, -0.2) is 9.37 Å². The minimum Gasteiger partial charge on any atom is -0.480 e. The number of pyridine rings is 1. The summed E-state index contributed by atoms with van der Waals surface area (Å²) in [5.41, 5.74) is 3.67. The number of nitrogens with zero attached hydrogens (tertiary/aromatic N) is 2. The summed E-state index contributed by atoms with van der Waals surface area (Å²) in [4.78, 5) is 19.1. The Morgan fingerprint density at radius 2 is 2.14 bits per heavy atom. The summed E-state index contributed by atoms with van der Waals surface area (Å²) in [6.45, 7) is 4.24. The first kappa shape index (κ1) is 26.1. The molecule has 2 aromatic rings. The molecule has 0 radical (unpaired) electrons. The predicted molar refractivity (Wildman–Crippen MR) is 139 cm³/mol. The maximum Gasteiger partial charge on any atom is 0.325 e. The van der Waals surface area contributed by atoms with Crippen LogP contribution in [0.5, 0.6) is 0 Å². The van der Waals surface area contributed by atoms with Gasteiger partial charge in [0.2, 0.25) is 0 Å². The Balaban J connectivity index is 1.13. The van der Waals surface area contributed by atoms with E-state index in [-0.39, 0.29) is 6.10 Å². The minimum atomic E-state index is -0.938. The van der Waals surface area contributed by atoms with Gasteiger partial charge in [-0.05, 0) is 92.3 Å². The highest BCUT2D eigenvalue weighted by molar-refractivity contribution is 5.76. The number of fused-ring (bicyclic) bond motifs is 1. The molecule has 0 bridgehead atoms. The van der Waals surface area contributed by atoms with Gasteiger partial charge in [-0.15, -0.1) is 0 Å². The first-order chi connectivity index (χ1) is 18.1. The second-order valence-corrected chi connectivity index (χ2v) is 10.5. The van der Waals surface area contributed by atoms with Crippen molar-refractivity contribution < 1.29 is 23.8 Å². The van der Waals surface area contributed by atoms with Crippen LogP contribution >= 0.6 is 0 Å². The van der Waals surface area contributed by atoms with Gasteiger partial charge in [0.05, 0.1) is 12.7 Å². The molecular formula is C29H38FN3O4. The quantitative estimate of drug-likeness (QED) is 0.438. The van der Waals surface area contributed by atoms with Crippen LogP contribution in [0.15, 0.2) is 30.3 Å². The van der Waals surface area contributed by atoms with Crippen LogP contribution < -0.4 is 5.32 Å². The molecule has 0 saturated carbocycles. The van der Waals surface area contributed by atoms with Gasteiger partial charge < -0.3 is 19.9 Å². The number of anilines is 1. The third-order valence-electron chi connectivity index (χ3n) is 7.91. The molecule has 3 aliphatic rings. The molecule has 200 valence electrons. The summed E-state index contributed by atoms with van der Waals surface area (Å²) < 4.78 is 26.1. The Hall–Kier alpha value is -2.55. The molecule has 7 nitrogen and oxygen atoms in total. The molecule has 0 spiro atoms. The van der Waals surface area contributed by atoms with Gasteiger partial charge in [0.25, 0.3) is 0 Å². The average molecular weight is 512 g/mol. The molecule has 1 aromatic carbocycles. The van der Waals surface area contributed by atoms with Crippen molar-refractivity contribution in [1.82, 2.24) is 9.88 Å². The summed E-state index contributed by atoms with van der Waals surface area (Å²) >= 11 is 0. The zero-order valence-electron chi connectivity index (χ0n) is 21.5. The van der Waals surface area contributed by atoms with Crippen molar-refractivity contribution in [2.45, 2.75) is 63.5 Å². The molecule has 5 rings (SSSR count). The van der Waals surface area contributed by atoms with E-state index in [0.717, 1.165) is 75.0 Å². The van der Waals surface area contributed by atoms with Gasteiger partial charge in [-0.3, -0.25) is 9.69 Å². The standard InChI is InChI=1S/C29H38FN3O4/c30-22-7-9-24(26-5-1-2-15-37-26)25(18-22)27(29(34)35)33-14-10-20(19-33)11-16-36-17-12-23-8-6-21-4-3-13-31-28(21)32-23/h6-9,18,20,26-27H,1-5,10-17,19H2,(H,31,32)(H,34,35)/t20?,26-,27?/m0/s1. The highest BCUT2D eigenvalue weighted by Crippen LogP contribution is 2.37. The minimum absolute atomic E-state index is 0.168. The number of hydrogen-bond donors (Lipinski definition) is 2. The molecule has 4 heterocycles. The van der Waals surface area contributed by atoms with E-state index in [1.807, 2.05) is 4.90 Å². The van der Waals surface area contributed by atoms with Crippen LogP contribution in [-0.2, 0) is 27.1 Å².